The van der Waals surface area contributed by atoms with Crippen molar-refractivity contribution in [3.05, 3.63) is 33.8 Å². The molecule has 1 heterocycles. The topological polar surface area (TPSA) is 60.5 Å². The number of fused-ring (bicyclic) bond motifs is 1. The molecule has 5 nitrogen and oxygen atoms in total. The number of ether oxygens (including phenoxy) is 2. The summed E-state index contributed by atoms with van der Waals surface area (Å²) in [6, 6.07) is 5.38. The maximum Gasteiger partial charge on any atom is 0.227 e. The molecule has 6 heteroatoms. The monoisotopic (exact) mass is 332 g/mol. The van der Waals surface area contributed by atoms with Crippen LogP contribution in [0, 0.1) is 12.8 Å². The van der Waals surface area contributed by atoms with E-state index in [4.69, 9.17) is 9.47 Å². The largest absolute Gasteiger partial charge is 0.497 e. The van der Waals surface area contributed by atoms with Crippen molar-refractivity contribution < 1.29 is 14.3 Å². The Balaban J connectivity index is 1.75. The van der Waals surface area contributed by atoms with Gasteiger partial charge in [-0.25, -0.2) is 4.98 Å². The number of nitrogens with zero attached hydrogens (tertiary/aromatic N) is 1. The van der Waals surface area contributed by atoms with Crippen molar-refractivity contribution in [2.24, 2.45) is 5.92 Å². The molecule has 1 aliphatic rings. The van der Waals surface area contributed by atoms with Crippen LogP contribution in [0.1, 0.15) is 22.0 Å². The number of thiazole rings is 1. The van der Waals surface area contributed by atoms with Gasteiger partial charge < -0.3 is 14.8 Å². The maximum absolute atomic E-state index is 12.6. The first-order valence-electron chi connectivity index (χ1n) is 7.58. The second-order valence-electron chi connectivity index (χ2n) is 5.60. The van der Waals surface area contributed by atoms with Gasteiger partial charge in [0.15, 0.2) is 0 Å². The number of nitrogens with one attached hydrogen (secondary N) is 1. The first-order valence-corrected chi connectivity index (χ1v) is 8.40. The third kappa shape index (κ3) is 3.32. The molecule has 3 rings (SSSR count). The molecule has 0 saturated heterocycles. The van der Waals surface area contributed by atoms with Gasteiger partial charge in [0.05, 0.1) is 30.6 Å². The standard InChI is InChI=1S/C17H20N2O3S/c1-10-18-13-6-4-11(8-16(13)23-10)17(20)19-14-9-12(21-2)5-7-15(14)22-3/h5,7,9,11H,4,6,8H2,1-3H3,(H,19,20). The average Bonchev–Trinajstić information content (AvgIpc) is 2.93. The van der Waals surface area contributed by atoms with E-state index in [1.807, 2.05) is 13.0 Å². The fourth-order valence-corrected chi connectivity index (χ4v) is 3.94. The van der Waals surface area contributed by atoms with Gasteiger partial charge in [-0.2, -0.15) is 0 Å². The van der Waals surface area contributed by atoms with Gasteiger partial charge in [-0.1, -0.05) is 0 Å². The molecule has 1 amide bonds. The van der Waals surface area contributed by atoms with E-state index in [-0.39, 0.29) is 11.8 Å². The summed E-state index contributed by atoms with van der Waals surface area (Å²) in [6.07, 6.45) is 2.46. The van der Waals surface area contributed by atoms with Gasteiger partial charge >= 0.3 is 0 Å². The molecule has 0 bridgehead atoms. The van der Waals surface area contributed by atoms with E-state index in [1.165, 1.54) is 4.88 Å². The number of aromatic nitrogens is 1. The Morgan fingerprint density at radius 2 is 2.17 bits per heavy atom. The zero-order valence-corrected chi connectivity index (χ0v) is 14.3. The van der Waals surface area contributed by atoms with Gasteiger partial charge in [-0.15, -0.1) is 11.3 Å². The van der Waals surface area contributed by atoms with E-state index in [9.17, 15) is 4.79 Å². The molecular formula is C17H20N2O3S. The quantitative estimate of drug-likeness (QED) is 0.934. The molecular weight excluding hydrogens is 312 g/mol. The lowest BCUT2D eigenvalue weighted by atomic mass is 9.90. The minimum atomic E-state index is -0.0294. The molecule has 0 aliphatic heterocycles. The van der Waals surface area contributed by atoms with Crippen LogP contribution in [0.15, 0.2) is 18.2 Å². The van der Waals surface area contributed by atoms with E-state index >= 15 is 0 Å². The fourth-order valence-electron chi connectivity index (χ4n) is 2.87. The molecule has 1 aromatic heterocycles. The number of hydrogen-bond acceptors (Lipinski definition) is 5. The molecule has 1 aromatic carbocycles. The van der Waals surface area contributed by atoms with Crippen molar-refractivity contribution >= 4 is 22.9 Å². The lowest BCUT2D eigenvalue weighted by Crippen LogP contribution is -2.27. The number of amides is 1. The Morgan fingerprint density at radius 3 is 2.91 bits per heavy atom. The Morgan fingerprint density at radius 1 is 1.35 bits per heavy atom. The second kappa shape index (κ2) is 6.58. The Labute approximate surface area is 139 Å². The highest BCUT2D eigenvalue weighted by Gasteiger charge is 2.27. The van der Waals surface area contributed by atoms with Crippen molar-refractivity contribution in [3.63, 3.8) is 0 Å². The first-order chi connectivity index (χ1) is 11.1. The predicted octanol–water partition coefficient (Wildman–Crippen LogP) is 3.21. The smallest absolute Gasteiger partial charge is 0.227 e. The summed E-state index contributed by atoms with van der Waals surface area (Å²) < 4.78 is 10.5. The number of anilines is 1. The lowest BCUT2D eigenvalue weighted by molar-refractivity contribution is -0.120. The third-order valence-corrected chi connectivity index (χ3v) is 5.12. The van der Waals surface area contributed by atoms with Crippen LogP contribution >= 0.6 is 11.3 Å². The van der Waals surface area contributed by atoms with Crippen molar-refractivity contribution in [2.45, 2.75) is 26.2 Å². The van der Waals surface area contributed by atoms with Crippen LogP contribution in [0.3, 0.4) is 0 Å². The van der Waals surface area contributed by atoms with Gasteiger partial charge in [-0.05, 0) is 38.3 Å². The summed E-state index contributed by atoms with van der Waals surface area (Å²) in [7, 11) is 3.19. The van der Waals surface area contributed by atoms with Crippen LogP contribution in [0.5, 0.6) is 11.5 Å². The predicted molar refractivity (Wildman–Crippen MR) is 90.5 cm³/mol. The lowest BCUT2D eigenvalue weighted by Gasteiger charge is -2.21. The molecule has 0 radical (unpaired) electrons. The minimum Gasteiger partial charge on any atom is -0.497 e. The summed E-state index contributed by atoms with van der Waals surface area (Å²) >= 11 is 1.70. The molecule has 1 aliphatic carbocycles. The van der Waals surface area contributed by atoms with Gasteiger partial charge in [0.1, 0.15) is 11.5 Å². The van der Waals surface area contributed by atoms with E-state index in [2.05, 4.69) is 10.3 Å². The molecule has 1 N–H and O–H groups in total. The highest BCUT2D eigenvalue weighted by atomic mass is 32.1. The van der Waals surface area contributed by atoms with E-state index in [0.29, 0.717) is 17.2 Å². The summed E-state index contributed by atoms with van der Waals surface area (Å²) in [5.74, 6) is 1.31. The molecule has 2 aromatic rings. The Kier molecular flexibility index (Phi) is 4.52. The second-order valence-corrected chi connectivity index (χ2v) is 6.89. The molecule has 0 fully saturated rings. The zero-order valence-electron chi connectivity index (χ0n) is 13.5. The number of hydrogen-bond donors (Lipinski definition) is 1. The summed E-state index contributed by atoms with van der Waals surface area (Å²) in [5, 5.41) is 4.06. The average molecular weight is 332 g/mol. The highest BCUT2D eigenvalue weighted by Crippen LogP contribution is 2.33. The fraction of sp³-hybridized carbons (Fsp3) is 0.412. The van der Waals surface area contributed by atoms with Gasteiger partial charge in [0.2, 0.25) is 5.91 Å². The third-order valence-electron chi connectivity index (χ3n) is 4.08. The number of carbonyl (C=O) groups is 1. The first kappa shape index (κ1) is 15.8. The van der Waals surface area contributed by atoms with Crippen LogP contribution in [0.25, 0.3) is 0 Å². The number of aryl methyl sites for hydroxylation is 2. The zero-order chi connectivity index (χ0) is 16.4. The van der Waals surface area contributed by atoms with Gasteiger partial charge in [0, 0.05) is 16.9 Å². The van der Waals surface area contributed by atoms with Crippen LogP contribution < -0.4 is 14.8 Å². The maximum atomic E-state index is 12.6. The van der Waals surface area contributed by atoms with Crippen LogP contribution in [0.4, 0.5) is 5.69 Å². The summed E-state index contributed by atoms with van der Waals surface area (Å²) in [5.41, 5.74) is 1.80. The van der Waals surface area contributed by atoms with E-state index in [1.54, 1.807) is 37.7 Å². The van der Waals surface area contributed by atoms with Crippen LogP contribution in [-0.4, -0.2) is 25.1 Å². The number of rotatable bonds is 4. The van der Waals surface area contributed by atoms with Gasteiger partial charge in [-0.3, -0.25) is 4.79 Å². The molecule has 1 unspecified atom stereocenters. The molecule has 122 valence electrons. The van der Waals surface area contributed by atoms with Crippen LogP contribution in [-0.2, 0) is 17.6 Å². The molecule has 23 heavy (non-hydrogen) atoms. The molecule has 0 spiro atoms. The van der Waals surface area contributed by atoms with Gasteiger partial charge in [0.25, 0.3) is 0 Å². The minimum absolute atomic E-state index is 0.0215. The van der Waals surface area contributed by atoms with Crippen molar-refractivity contribution in [1.29, 1.82) is 0 Å². The van der Waals surface area contributed by atoms with Crippen LogP contribution in [0.2, 0.25) is 0 Å². The number of carbonyl (C=O) groups excluding carboxylic acids is 1. The SMILES string of the molecule is COc1ccc(OC)c(NC(=O)C2CCc3nc(C)sc3C2)c1. The Hall–Kier alpha value is -2.08. The van der Waals surface area contributed by atoms with Crippen molar-refractivity contribution in [3.8, 4) is 11.5 Å². The van der Waals surface area contributed by atoms with Crippen molar-refractivity contribution in [1.82, 2.24) is 4.98 Å². The summed E-state index contributed by atoms with van der Waals surface area (Å²) in [6.45, 7) is 2.01. The van der Waals surface area contributed by atoms with E-state index < -0.39 is 0 Å². The Bertz CT molecular complexity index is 727. The summed E-state index contributed by atoms with van der Waals surface area (Å²) in [4.78, 5) is 18.4. The highest BCUT2D eigenvalue weighted by molar-refractivity contribution is 7.11. The molecule has 1 atom stereocenters. The number of methoxy groups -OCH3 is 2. The normalized spacial score (nSPS) is 16.6. The number of benzene rings is 1. The molecule has 0 saturated carbocycles. The van der Waals surface area contributed by atoms with Crippen molar-refractivity contribution in [2.75, 3.05) is 19.5 Å². The van der Waals surface area contributed by atoms with E-state index in [0.717, 1.165) is 30.0 Å².